The second-order valence-electron chi connectivity index (χ2n) is 6.67. The average Bonchev–Trinajstić information content (AvgIpc) is 3.09. The molecule has 0 spiro atoms. The number of ether oxygens (including phenoxy) is 2. The molecule has 0 unspecified atom stereocenters. The number of anilines is 1. The SMILES string of the molecule is COc1ccc(COC(=O)Nc2ccc3[nH]c4cc(Br)cc(C(N)=O)c4c3c2)cc1. The van der Waals surface area contributed by atoms with Crippen molar-refractivity contribution in [3.63, 3.8) is 0 Å². The second-order valence-corrected chi connectivity index (χ2v) is 7.59. The topological polar surface area (TPSA) is 106 Å². The van der Waals surface area contributed by atoms with E-state index in [9.17, 15) is 9.59 Å². The van der Waals surface area contributed by atoms with Crippen molar-refractivity contribution in [3.05, 3.63) is 70.2 Å². The number of amides is 2. The van der Waals surface area contributed by atoms with Crippen LogP contribution in [0.3, 0.4) is 0 Å². The number of aromatic nitrogens is 1. The fourth-order valence-electron chi connectivity index (χ4n) is 3.30. The number of H-pyrrole nitrogens is 1. The first-order chi connectivity index (χ1) is 14.4. The molecule has 0 atom stereocenters. The number of hydrogen-bond acceptors (Lipinski definition) is 4. The van der Waals surface area contributed by atoms with Gasteiger partial charge in [-0.1, -0.05) is 28.1 Å². The van der Waals surface area contributed by atoms with Crippen molar-refractivity contribution in [2.24, 2.45) is 5.73 Å². The van der Waals surface area contributed by atoms with Crippen molar-refractivity contribution in [1.29, 1.82) is 0 Å². The van der Waals surface area contributed by atoms with E-state index < -0.39 is 12.0 Å². The Balaban J connectivity index is 1.56. The van der Waals surface area contributed by atoms with E-state index in [1.807, 2.05) is 24.3 Å². The van der Waals surface area contributed by atoms with Gasteiger partial charge in [-0.2, -0.15) is 0 Å². The first kappa shape index (κ1) is 19.8. The molecule has 0 fully saturated rings. The van der Waals surface area contributed by atoms with Crippen molar-refractivity contribution in [2.45, 2.75) is 6.61 Å². The number of methoxy groups -OCH3 is 1. The highest BCUT2D eigenvalue weighted by Gasteiger charge is 2.15. The van der Waals surface area contributed by atoms with E-state index in [0.717, 1.165) is 32.2 Å². The zero-order valence-electron chi connectivity index (χ0n) is 16.0. The van der Waals surface area contributed by atoms with Crippen LogP contribution in [0.1, 0.15) is 15.9 Å². The van der Waals surface area contributed by atoms with Crippen LogP contribution in [0.15, 0.2) is 59.1 Å². The quantitative estimate of drug-likeness (QED) is 0.386. The highest BCUT2D eigenvalue weighted by molar-refractivity contribution is 9.10. The minimum Gasteiger partial charge on any atom is -0.497 e. The number of primary amides is 1. The van der Waals surface area contributed by atoms with Gasteiger partial charge in [0, 0.05) is 32.0 Å². The Hall–Kier alpha value is -3.52. The summed E-state index contributed by atoms with van der Waals surface area (Å²) in [6.45, 7) is 0.130. The van der Waals surface area contributed by atoms with Crippen LogP contribution in [0.4, 0.5) is 10.5 Å². The van der Waals surface area contributed by atoms with E-state index in [-0.39, 0.29) is 6.61 Å². The lowest BCUT2D eigenvalue weighted by molar-refractivity contribution is 0.100. The van der Waals surface area contributed by atoms with Gasteiger partial charge in [0.15, 0.2) is 0 Å². The van der Waals surface area contributed by atoms with Gasteiger partial charge in [-0.15, -0.1) is 0 Å². The molecule has 2 amide bonds. The van der Waals surface area contributed by atoms with E-state index in [0.29, 0.717) is 16.6 Å². The van der Waals surface area contributed by atoms with E-state index in [4.69, 9.17) is 15.2 Å². The van der Waals surface area contributed by atoms with E-state index in [2.05, 4.69) is 26.2 Å². The predicted molar refractivity (Wildman–Crippen MR) is 119 cm³/mol. The number of rotatable bonds is 5. The van der Waals surface area contributed by atoms with Crippen molar-refractivity contribution < 1.29 is 19.1 Å². The maximum Gasteiger partial charge on any atom is 0.411 e. The van der Waals surface area contributed by atoms with Crippen LogP contribution in [0.5, 0.6) is 5.75 Å². The van der Waals surface area contributed by atoms with E-state index >= 15 is 0 Å². The largest absolute Gasteiger partial charge is 0.497 e. The Morgan fingerprint density at radius 2 is 1.83 bits per heavy atom. The van der Waals surface area contributed by atoms with Gasteiger partial charge < -0.3 is 20.2 Å². The number of carbonyl (C=O) groups excluding carboxylic acids is 2. The Bertz CT molecular complexity index is 1270. The molecule has 4 N–H and O–H groups in total. The number of carbonyl (C=O) groups is 2. The Labute approximate surface area is 180 Å². The summed E-state index contributed by atoms with van der Waals surface area (Å²) < 4.78 is 11.1. The van der Waals surface area contributed by atoms with Gasteiger partial charge in [-0.25, -0.2) is 4.79 Å². The third kappa shape index (κ3) is 3.95. The van der Waals surface area contributed by atoms with Gasteiger partial charge in [-0.3, -0.25) is 10.1 Å². The molecular weight excluding hydrogens is 450 g/mol. The lowest BCUT2D eigenvalue weighted by atomic mass is 10.1. The highest BCUT2D eigenvalue weighted by Crippen LogP contribution is 2.32. The fourth-order valence-corrected chi connectivity index (χ4v) is 3.76. The molecule has 0 saturated carbocycles. The van der Waals surface area contributed by atoms with E-state index in [1.165, 1.54) is 0 Å². The number of hydrogen-bond donors (Lipinski definition) is 3. The minimum absolute atomic E-state index is 0.130. The molecule has 4 rings (SSSR count). The number of benzene rings is 3. The molecule has 0 aliphatic carbocycles. The average molecular weight is 468 g/mol. The molecule has 0 radical (unpaired) electrons. The van der Waals surface area contributed by atoms with Gasteiger partial charge in [0.25, 0.3) is 0 Å². The molecule has 3 aromatic carbocycles. The highest BCUT2D eigenvalue weighted by atomic mass is 79.9. The Morgan fingerprint density at radius 3 is 2.53 bits per heavy atom. The third-order valence-corrected chi connectivity index (χ3v) is 5.16. The molecule has 8 heteroatoms. The summed E-state index contributed by atoms with van der Waals surface area (Å²) in [5.41, 5.74) is 8.93. The van der Waals surface area contributed by atoms with Crippen LogP contribution in [0, 0.1) is 0 Å². The van der Waals surface area contributed by atoms with Gasteiger partial charge in [-0.05, 0) is 48.0 Å². The third-order valence-electron chi connectivity index (χ3n) is 4.70. The van der Waals surface area contributed by atoms with Crippen LogP contribution in [0.25, 0.3) is 21.8 Å². The van der Waals surface area contributed by atoms with Crippen molar-refractivity contribution in [2.75, 3.05) is 12.4 Å². The van der Waals surface area contributed by atoms with Gasteiger partial charge in [0.05, 0.1) is 12.7 Å². The summed E-state index contributed by atoms with van der Waals surface area (Å²) in [5.74, 6) is 0.206. The monoisotopic (exact) mass is 467 g/mol. The summed E-state index contributed by atoms with van der Waals surface area (Å²) in [4.78, 5) is 27.4. The molecule has 0 aliphatic rings. The molecule has 0 aliphatic heterocycles. The van der Waals surface area contributed by atoms with Crippen molar-refractivity contribution in [1.82, 2.24) is 4.98 Å². The molecule has 1 aromatic heterocycles. The molecular formula is C22H18BrN3O4. The molecule has 30 heavy (non-hydrogen) atoms. The number of halogens is 1. The maximum absolute atomic E-state index is 12.2. The summed E-state index contributed by atoms with van der Waals surface area (Å²) in [7, 11) is 1.59. The molecule has 4 aromatic rings. The zero-order valence-corrected chi connectivity index (χ0v) is 17.6. The van der Waals surface area contributed by atoms with Crippen molar-refractivity contribution >= 4 is 55.4 Å². The number of fused-ring (bicyclic) bond motifs is 3. The second kappa shape index (κ2) is 8.08. The van der Waals surface area contributed by atoms with Gasteiger partial charge in [0.2, 0.25) is 5.91 Å². The van der Waals surface area contributed by atoms with Crippen molar-refractivity contribution in [3.8, 4) is 5.75 Å². The first-order valence-electron chi connectivity index (χ1n) is 9.06. The number of aromatic amines is 1. The Morgan fingerprint density at radius 1 is 1.07 bits per heavy atom. The number of nitrogens with one attached hydrogen (secondary N) is 2. The summed E-state index contributed by atoms with van der Waals surface area (Å²) in [5, 5.41) is 4.20. The molecule has 0 bridgehead atoms. The normalized spacial score (nSPS) is 10.9. The Kier molecular flexibility index (Phi) is 5.33. The molecule has 1 heterocycles. The van der Waals surface area contributed by atoms with Crippen LogP contribution in [-0.4, -0.2) is 24.1 Å². The predicted octanol–water partition coefficient (Wildman–Crippen LogP) is 4.94. The summed E-state index contributed by atoms with van der Waals surface area (Å²) in [6, 6.07) is 16.2. The molecule has 152 valence electrons. The summed E-state index contributed by atoms with van der Waals surface area (Å²) >= 11 is 3.39. The molecule has 7 nitrogen and oxygen atoms in total. The summed E-state index contributed by atoms with van der Waals surface area (Å²) in [6.07, 6.45) is -0.581. The lowest BCUT2D eigenvalue weighted by Crippen LogP contribution is -2.13. The first-order valence-corrected chi connectivity index (χ1v) is 9.85. The van der Waals surface area contributed by atoms with Crippen LogP contribution < -0.4 is 15.8 Å². The van der Waals surface area contributed by atoms with Gasteiger partial charge >= 0.3 is 6.09 Å². The zero-order chi connectivity index (χ0) is 21.3. The maximum atomic E-state index is 12.2. The standard InChI is InChI=1S/C22H18BrN3O4/c1-29-15-5-2-12(3-6-15)11-30-22(28)25-14-4-7-18-16(10-14)20-17(21(24)27)8-13(23)9-19(20)26-18/h2-10,26H,11H2,1H3,(H2,24,27)(H,25,28). The van der Waals surface area contributed by atoms with Crippen LogP contribution in [-0.2, 0) is 11.3 Å². The molecule has 0 saturated heterocycles. The minimum atomic E-state index is -0.581. The smallest absolute Gasteiger partial charge is 0.411 e. The van der Waals surface area contributed by atoms with Gasteiger partial charge in [0.1, 0.15) is 12.4 Å². The van der Waals surface area contributed by atoms with Crippen LogP contribution in [0.2, 0.25) is 0 Å². The number of nitrogens with two attached hydrogens (primary N) is 1. The van der Waals surface area contributed by atoms with Crippen LogP contribution >= 0.6 is 15.9 Å². The lowest BCUT2D eigenvalue weighted by Gasteiger charge is -2.08. The fraction of sp³-hybridized carbons (Fsp3) is 0.0909. The van der Waals surface area contributed by atoms with E-state index in [1.54, 1.807) is 37.4 Å².